The Kier molecular flexibility index (Phi) is 5.89. The highest BCUT2D eigenvalue weighted by Gasteiger charge is 2.43. The van der Waals surface area contributed by atoms with Gasteiger partial charge in [0.25, 0.3) is 0 Å². The molecule has 2 aromatic heterocycles. The van der Waals surface area contributed by atoms with E-state index >= 15 is 0 Å². The molecule has 1 amide bonds. The third-order valence-electron chi connectivity index (χ3n) is 5.13. The van der Waals surface area contributed by atoms with Crippen LogP contribution in [0.15, 0.2) is 18.2 Å². The lowest BCUT2D eigenvalue weighted by molar-refractivity contribution is -0.141. The fraction of sp³-hybridized carbons (Fsp3) is 0.350. The average Bonchev–Trinajstić information content (AvgIpc) is 3.43. The zero-order valence-electron chi connectivity index (χ0n) is 16.7. The molecule has 2 heterocycles. The van der Waals surface area contributed by atoms with Crippen molar-refractivity contribution in [3.63, 3.8) is 0 Å². The van der Waals surface area contributed by atoms with Gasteiger partial charge in [-0.05, 0) is 38.0 Å². The summed E-state index contributed by atoms with van der Waals surface area (Å²) in [6, 6.07) is 3.82. The van der Waals surface area contributed by atoms with Crippen LogP contribution in [0.5, 0.6) is 0 Å². The minimum Gasteiger partial charge on any atom is -0.465 e. The lowest BCUT2D eigenvalue weighted by Gasteiger charge is -2.16. The first kappa shape index (κ1) is 22.9. The molecule has 170 valence electrons. The zero-order chi connectivity index (χ0) is 23.4. The molecule has 1 unspecified atom stereocenters. The quantitative estimate of drug-likeness (QED) is 0.413. The van der Waals surface area contributed by atoms with Gasteiger partial charge in [-0.25, -0.2) is 4.79 Å². The van der Waals surface area contributed by atoms with Crippen molar-refractivity contribution in [1.82, 2.24) is 9.78 Å². The lowest BCUT2D eigenvalue weighted by atomic mass is 10.2. The fourth-order valence-corrected chi connectivity index (χ4v) is 5.20. The number of amides is 1. The second-order valence-corrected chi connectivity index (χ2v) is 9.19. The van der Waals surface area contributed by atoms with Crippen molar-refractivity contribution in [3.05, 3.63) is 44.5 Å². The number of hydrogen-bond donors (Lipinski definition) is 1. The van der Waals surface area contributed by atoms with E-state index in [4.69, 9.17) is 27.9 Å². The van der Waals surface area contributed by atoms with Gasteiger partial charge in [-0.15, -0.1) is 11.3 Å². The van der Waals surface area contributed by atoms with E-state index in [1.165, 1.54) is 14.0 Å². The molecule has 3 aromatic rings. The first-order chi connectivity index (χ1) is 15.0. The Morgan fingerprint density at radius 3 is 2.56 bits per heavy atom. The Labute approximate surface area is 194 Å². The summed E-state index contributed by atoms with van der Waals surface area (Å²) < 4.78 is 46.3. The van der Waals surface area contributed by atoms with Crippen LogP contribution in [0, 0.1) is 0 Å². The van der Waals surface area contributed by atoms with Gasteiger partial charge < -0.3 is 10.1 Å². The van der Waals surface area contributed by atoms with Crippen molar-refractivity contribution in [1.29, 1.82) is 0 Å². The molecule has 1 aliphatic carbocycles. The van der Waals surface area contributed by atoms with Crippen LogP contribution in [-0.2, 0) is 15.7 Å². The molecule has 1 N–H and O–H groups in total. The van der Waals surface area contributed by atoms with Crippen molar-refractivity contribution >= 4 is 62.2 Å². The number of methoxy groups -OCH3 is 1. The van der Waals surface area contributed by atoms with Crippen molar-refractivity contribution < 1.29 is 27.5 Å². The van der Waals surface area contributed by atoms with Crippen LogP contribution in [0.4, 0.5) is 18.9 Å². The van der Waals surface area contributed by atoms with Crippen molar-refractivity contribution in [2.75, 3.05) is 12.4 Å². The molecule has 6 nitrogen and oxygen atoms in total. The number of carbonyl (C=O) groups is 2. The van der Waals surface area contributed by atoms with E-state index < -0.39 is 34.8 Å². The van der Waals surface area contributed by atoms with Gasteiger partial charge in [0.1, 0.15) is 10.9 Å². The normalized spacial score (nSPS) is 15.1. The van der Waals surface area contributed by atoms with Crippen LogP contribution in [0.2, 0.25) is 10.0 Å². The summed E-state index contributed by atoms with van der Waals surface area (Å²) in [7, 11) is 1.25. The summed E-state index contributed by atoms with van der Waals surface area (Å²) in [5.41, 5.74) is -0.568. The highest BCUT2D eigenvalue weighted by Crippen LogP contribution is 2.47. The summed E-state index contributed by atoms with van der Waals surface area (Å²) in [6.45, 7) is 1.46. The zero-order valence-corrected chi connectivity index (χ0v) is 19.0. The smallest absolute Gasteiger partial charge is 0.436 e. The Morgan fingerprint density at radius 2 is 1.97 bits per heavy atom. The molecule has 0 bridgehead atoms. The molecular formula is C20H16Cl2F3N3O3S. The number of nitrogens with zero attached hydrogens (tertiary/aromatic N) is 2. The van der Waals surface area contributed by atoms with Gasteiger partial charge in [0.05, 0.1) is 22.8 Å². The van der Waals surface area contributed by atoms with Gasteiger partial charge >= 0.3 is 12.1 Å². The number of thiophene rings is 1. The van der Waals surface area contributed by atoms with Crippen molar-refractivity contribution in [2.45, 2.75) is 37.9 Å². The standard InChI is InChI=1S/C20H16Cl2F3N3O3S/c1-8(28-15(9-3-4-9)14(22)17(27-28)20(23,24)25)18(29)26-10-5-6-11-12(7-10)32-16(13(11)21)19(30)31-2/h5-9H,3-4H2,1-2H3,(H,26,29). The number of hydrogen-bond acceptors (Lipinski definition) is 5. The van der Waals surface area contributed by atoms with Gasteiger partial charge in [0.15, 0.2) is 5.69 Å². The number of aromatic nitrogens is 2. The molecule has 4 rings (SSSR count). The maximum atomic E-state index is 13.3. The molecule has 1 aliphatic rings. The summed E-state index contributed by atoms with van der Waals surface area (Å²) >= 11 is 13.3. The summed E-state index contributed by atoms with van der Waals surface area (Å²) in [6.07, 6.45) is -3.34. The third kappa shape index (κ3) is 4.06. The van der Waals surface area contributed by atoms with Crippen LogP contribution in [0.1, 0.15) is 52.8 Å². The monoisotopic (exact) mass is 505 g/mol. The summed E-state index contributed by atoms with van der Waals surface area (Å²) in [5, 5.41) is 6.73. The van der Waals surface area contributed by atoms with E-state index in [0.717, 1.165) is 16.0 Å². The van der Waals surface area contributed by atoms with Crippen LogP contribution in [0.3, 0.4) is 0 Å². The predicted molar refractivity (Wildman–Crippen MR) is 116 cm³/mol. The molecule has 0 saturated heterocycles. The van der Waals surface area contributed by atoms with E-state index in [-0.39, 0.29) is 21.5 Å². The van der Waals surface area contributed by atoms with Gasteiger partial charge in [-0.3, -0.25) is 9.48 Å². The predicted octanol–water partition coefficient (Wildman–Crippen LogP) is 6.29. The van der Waals surface area contributed by atoms with Crippen LogP contribution in [0.25, 0.3) is 10.1 Å². The molecule has 1 atom stereocenters. The van der Waals surface area contributed by atoms with Crippen LogP contribution in [-0.4, -0.2) is 28.8 Å². The first-order valence-electron chi connectivity index (χ1n) is 9.49. The fourth-order valence-electron chi connectivity index (χ4n) is 3.35. The van der Waals surface area contributed by atoms with E-state index in [1.807, 2.05) is 0 Å². The van der Waals surface area contributed by atoms with E-state index in [9.17, 15) is 22.8 Å². The summed E-state index contributed by atoms with van der Waals surface area (Å²) in [5.74, 6) is -1.28. The van der Waals surface area contributed by atoms with Crippen LogP contribution >= 0.6 is 34.5 Å². The molecule has 1 aromatic carbocycles. The number of esters is 1. The van der Waals surface area contributed by atoms with E-state index in [1.54, 1.807) is 18.2 Å². The van der Waals surface area contributed by atoms with Crippen molar-refractivity contribution in [3.8, 4) is 0 Å². The number of ether oxygens (including phenoxy) is 1. The van der Waals surface area contributed by atoms with Gasteiger partial charge in [0, 0.05) is 21.7 Å². The SMILES string of the molecule is COC(=O)c1sc2cc(NC(=O)C(C)n3nc(C(F)(F)F)c(Cl)c3C3CC3)ccc2c1Cl. The number of alkyl halides is 3. The topological polar surface area (TPSA) is 73.2 Å². The second-order valence-electron chi connectivity index (χ2n) is 7.38. The number of rotatable bonds is 5. The van der Waals surface area contributed by atoms with E-state index in [0.29, 0.717) is 28.6 Å². The Hall–Kier alpha value is -2.30. The number of nitrogens with one attached hydrogen (secondary N) is 1. The van der Waals surface area contributed by atoms with Crippen molar-refractivity contribution in [2.24, 2.45) is 0 Å². The summed E-state index contributed by atoms with van der Waals surface area (Å²) in [4.78, 5) is 24.9. The number of carbonyl (C=O) groups excluding carboxylic acids is 2. The number of halogens is 5. The number of anilines is 1. The first-order valence-corrected chi connectivity index (χ1v) is 11.1. The maximum Gasteiger partial charge on any atom is 0.436 e. The van der Waals surface area contributed by atoms with Crippen LogP contribution < -0.4 is 5.32 Å². The minimum atomic E-state index is -4.72. The molecule has 12 heteroatoms. The number of fused-ring (bicyclic) bond motifs is 1. The Bertz CT molecular complexity index is 1230. The maximum absolute atomic E-state index is 13.3. The molecule has 0 radical (unpaired) electrons. The van der Waals surface area contributed by atoms with E-state index in [2.05, 4.69) is 10.4 Å². The van der Waals surface area contributed by atoms with Gasteiger partial charge in [0.2, 0.25) is 5.91 Å². The molecule has 0 spiro atoms. The average molecular weight is 506 g/mol. The van der Waals surface area contributed by atoms with Gasteiger partial charge in [-0.2, -0.15) is 18.3 Å². The molecule has 0 aliphatic heterocycles. The molecular weight excluding hydrogens is 490 g/mol. The third-order valence-corrected chi connectivity index (χ3v) is 7.14. The highest BCUT2D eigenvalue weighted by atomic mass is 35.5. The molecule has 32 heavy (non-hydrogen) atoms. The van der Waals surface area contributed by atoms with Gasteiger partial charge in [-0.1, -0.05) is 23.2 Å². The largest absolute Gasteiger partial charge is 0.465 e. The lowest BCUT2D eigenvalue weighted by Crippen LogP contribution is -2.26. The minimum absolute atomic E-state index is 0.150. The Balaban J connectivity index is 1.62. The second kappa shape index (κ2) is 8.24. The Morgan fingerprint density at radius 1 is 1.28 bits per heavy atom. The highest BCUT2D eigenvalue weighted by molar-refractivity contribution is 7.21. The molecule has 1 saturated carbocycles. The number of benzene rings is 1. The molecule has 1 fully saturated rings.